The van der Waals surface area contributed by atoms with E-state index >= 15 is 0 Å². The number of carbonyl (C=O) groups excluding carboxylic acids is 1. The van der Waals surface area contributed by atoms with Crippen molar-refractivity contribution in [2.75, 3.05) is 14.2 Å². The normalized spacial score (nSPS) is 11.0. The molecule has 0 aliphatic carbocycles. The fourth-order valence-corrected chi connectivity index (χ4v) is 3.47. The molecule has 0 atom stereocenters. The number of benzene rings is 2. The van der Waals surface area contributed by atoms with Crippen molar-refractivity contribution in [3.8, 4) is 11.5 Å². The number of hydrogen-bond donors (Lipinski definition) is 1. The first-order valence-corrected chi connectivity index (χ1v) is 8.89. The van der Waals surface area contributed by atoms with Crippen molar-refractivity contribution < 1.29 is 22.7 Å². The molecule has 0 aromatic heterocycles. The van der Waals surface area contributed by atoms with Gasteiger partial charge in [-0.25, -0.2) is 13.1 Å². The highest BCUT2D eigenvalue weighted by Gasteiger charge is 2.20. The maximum atomic E-state index is 12.2. The summed E-state index contributed by atoms with van der Waals surface area (Å²) < 4.78 is 36.4. The van der Waals surface area contributed by atoms with E-state index in [4.69, 9.17) is 21.1 Å². The molecule has 0 spiro atoms. The fourth-order valence-electron chi connectivity index (χ4n) is 2.08. The molecule has 1 N–H and O–H groups in total. The number of ether oxygens (including phenoxy) is 2. The minimum Gasteiger partial charge on any atom is -0.493 e. The molecule has 0 unspecified atom stereocenters. The van der Waals surface area contributed by atoms with Crippen LogP contribution in [0.5, 0.6) is 11.5 Å². The summed E-state index contributed by atoms with van der Waals surface area (Å²) in [5.41, 5.74) is 0.623. The Balaban J connectivity index is 2.21. The van der Waals surface area contributed by atoms with Crippen LogP contribution >= 0.6 is 11.6 Å². The molecule has 0 aliphatic heterocycles. The van der Waals surface area contributed by atoms with Gasteiger partial charge in [-0.2, -0.15) is 0 Å². The standard InChI is InChI=1S/C16H16ClNO5S/c1-22-14-9-12(8-13(17)15(14)23-2)16(19)18-24(20,21)10-11-6-4-3-5-7-11/h3-9H,10H2,1-2H3,(H,18,19). The minimum atomic E-state index is -3.84. The van der Waals surface area contributed by atoms with Crippen molar-refractivity contribution in [1.29, 1.82) is 0 Å². The molecular weight excluding hydrogens is 354 g/mol. The van der Waals surface area contributed by atoms with Crippen LogP contribution in [-0.4, -0.2) is 28.5 Å². The molecule has 0 radical (unpaired) electrons. The lowest BCUT2D eigenvalue weighted by Crippen LogP contribution is -2.31. The number of halogens is 1. The Morgan fingerprint density at radius 2 is 1.79 bits per heavy atom. The Bertz CT molecular complexity index is 837. The minimum absolute atomic E-state index is 0.0503. The van der Waals surface area contributed by atoms with Gasteiger partial charge in [-0.15, -0.1) is 0 Å². The van der Waals surface area contributed by atoms with E-state index in [-0.39, 0.29) is 27.8 Å². The first-order valence-electron chi connectivity index (χ1n) is 6.86. The SMILES string of the molecule is COc1cc(C(=O)NS(=O)(=O)Cc2ccccc2)cc(Cl)c1OC. The van der Waals surface area contributed by atoms with Crippen molar-refractivity contribution in [3.05, 3.63) is 58.6 Å². The molecule has 0 bridgehead atoms. The zero-order valence-corrected chi connectivity index (χ0v) is 14.6. The Morgan fingerprint density at radius 1 is 1.12 bits per heavy atom. The topological polar surface area (TPSA) is 81.7 Å². The molecule has 0 saturated carbocycles. The van der Waals surface area contributed by atoms with Crippen molar-refractivity contribution in [3.63, 3.8) is 0 Å². The smallest absolute Gasteiger partial charge is 0.264 e. The largest absolute Gasteiger partial charge is 0.493 e. The predicted octanol–water partition coefficient (Wildman–Crippen LogP) is 2.62. The van der Waals surface area contributed by atoms with Crippen molar-refractivity contribution >= 4 is 27.5 Å². The Morgan fingerprint density at radius 3 is 2.38 bits per heavy atom. The van der Waals surface area contributed by atoms with Gasteiger partial charge in [-0.05, 0) is 17.7 Å². The maximum Gasteiger partial charge on any atom is 0.264 e. The second kappa shape index (κ2) is 7.55. The van der Waals surface area contributed by atoms with Crippen LogP contribution in [0.1, 0.15) is 15.9 Å². The summed E-state index contributed by atoms with van der Waals surface area (Å²) in [6, 6.07) is 11.2. The first kappa shape index (κ1) is 18.1. The maximum absolute atomic E-state index is 12.2. The molecule has 2 aromatic rings. The fraction of sp³-hybridized carbons (Fsp3) is 0.188. The molecule has 1 amide bonds. The van der Waals surface area contributed by atoms with Gasteiger partial charge >= 0.3 is 0 Å². The molecule has 0 fully saturated rings. The molecule has 6 nitrogen and oxygen atoms in total. The number of amides is 1. The van der Waals surface area contributed by atoms with Crippen LogP contribution in [0.15, 0.2) is 42.5 Å². The van der Waals surface area contributed by atoms with E-state index in [2.05, 4.69) is 0 Å². The lowest BCUT2D eigenvalue weighted by atomic mass is 10.2. The van der Waals surface area contributed by atoms with E-state index in [1.54, 1.807) is 30.3 Å². The second-order valence-corrected chi connectivity index (χ2v) is 7.00. The van der Waals surface area contributed by atoms with Gasteiger partial charge in [0.1, 0.15) is 0 Å². The molecule has 0 aliphatic rings. The number of methoxy groups -OCH3 is 2. The van der Waals surface area contributed by atoms with Crippen LogP contribution in [-0.2, 0) is 15.8 Å². The summed E-state index contributed by atoms with van der Waals surface area (Å²) >= 11 is 6.02. The molecule has 24 heavy (non-hydrogen) atoms. The van der Waals surface area contributed by atoms with Gasteiger partial charge in [0.05, 0.1) is 25.0 Å². The van der Waals surface area contributed by atoms with Gasteiger partial charge in [0.2, 0.25) is 10.0 Å². The highest BCUT2D eigenvalue weighted by atomic mass is 35.5. The van der Waals surface area contributed by atoms with Crippen LogP contribution in [0.25, 0.3) is 0 Å². The summed E-state index contributed by atoms with van der Waals surface area (Å²) in [6.45, 7) is 0. The van der Waals surface area contributed by atoms with Crippen LogP contribution in [0, 0.1) is 0 Å². The van der Waals surface area contributed by atoms with Gasteiger partial charge in [0.15, 0.2) is 11.5 Å². The molecule has 0 heterocycles. The number of sulfonamides is 1. The summed E-state index contributed by atoms with van der Waals surface area (Å²) in [5.74, 6) is -0.604. The summed E-state index contributed by atoms with van der Waals surface area (Å²) in [6.07, 6.45) is 0. The second-order valence-electron chi connectivity index (χ2n) is 4.87. The highest BCUT2D eigenvalue weighted by molar-refractivity contribution is 7.89. The predicted molar refractivity (Wildman–Crippen MR) is 91.1 cm³/mol. The molecule has 0 saturated heterocycles. The van der Waals surface area contributed by atoms with E-state index < -0.39 is 15.9 Å². The van der Waals surface area contributed by atoms with Gasteiger partial charge in [0.25, 0.3) is 5.91 Å². The van der Waals surface area contributed by atoms with E-state index in [1.165, 1.54) is 26.4 Å². The lowest BCUT2D eigenvalue weighted by molar-refractivity contribution is 0.0981. The third kappa shape index (κ3) is 4.39. The highest BCUT2D eigenvalue weighted by Crippen LogP contribution is 2.36. The van der Waals surface area contributed by atoms with Crippen LogP contribution in [0.4, 0.5) is 0 Å². The average Bonchev–Trinajstić information content (AvgIpc) is 2.53. The van der Waals surface area contributed by atoms with Crippen molar-refractivity contribution in [2.24, 2.45) is 0 Å². The van der Waals surface area contributed by atoms with Crippen LogP contribution in [0.3, 0.4) is 0 Å². The van der Waals surface area contributed by atoms with Crippen molar-refractivity contribution in [2.45, 2.75) is 5.75 Å². The summed E-state index contributed by atoms with van der Waals surface area (Å²) in [5, 5.41) is 0.141. The molecule has 8 heteroatoms. The van der Waals surface area contributed by atoms with E-state index in [0.29, 0.717) is 5.56 Å². The number of hydrogen-bond acceptors (Lipinski definition) is 5. The number of rotatable bonds is 6. The number of carbonyl (C=O) groups is 1. The van der Waals surface area contributed by atoms with Gasteiger partial charge in [-0.1, -0.05) is 41.9 Å². The van der Waals surface area contributed by atoms with Gasteiger partial charge in [0, 0.05) is 5.56 Å². The van der Waals surface area contributed by atoms with E-state index in [0.717, 1.165) is 0 Å². The Kier molecular flexibility index (Phi) is 5.69. The lowest BCUT2D eigenvalue weighted by Gasteiger charge is -2.12. The zero-order chi connectivity index (χ0) is 17.7. The van der Waals surface area contributed by atoms with E-state index in [1.807, 2.05) is 4.72 Å². The summed E-state index contributed by atoms with van der Waals surface area (Å²) in [4.78, 5) is 12.2. The average molecular weight is 370 g/mol. The quantitative estimate of drug-likeness (QED) is 0.846. The Hall–Kier alpha value is -2.25. The first-order chi connectivity index (χ1) is 11.4. The third-order valence-electron chi connectivity index (χ3n) is 3.14. The molecular formula is C16H16ClNO5S. The summed E-state index contributed by atoms with van der Waals surface area (Å²) in [7, 11) is -1.04. The van der Waals surface area contributed by atoms with Crippen LogP contribution in [0.2, 0.25) is 5.02 Å². The monoisotopic (exact) mass is 369 g/mol. The van der Waals surface area contributed by atoms with Crippen LogP contribution < -0.4 is 14.2 Å². The van der Waals surface area contributed by atoms with Crippen molar-refractivity contribution in [1.82, 2.24) is 4.72 Å². The van der Waals surface area contributed by atoms with Gasteiger partial charge < -0.3 is 9.47 Å². The zero-order valence-electron chi connectivity index (χ0n) is 13.1. The van der Waals surface area contributed by atoms with Gasteiger partial charge in [-0.3, -0.25) is 4.79 Å². The van der Waals surface area contributed by atoms with E-state index in [9.17, 15) is 13.2 Å². The molecule has 128 valence electrons. The number of nitrogens with one attached hydrogen (secondary N) is 1. The molecule has 2 aromatic carbocycles. The Labute approximate surface area is 145 Å². The third-order valence-corrected chi connectivity index (χ3v) is 4.63. The molecule has 2 rings (SSSR count).